The molecule has 51 heavy (non-hydrogen) atoms. The number of morpholine rings is 1. The maximum absolute atomic E-state index is 13.2. The molecule has 4 unspecified atom stereocenters. The highest BCUT2D eigenvalue weighted by Gasteiger charge is 2.62. The number of methoxy groups -OCH3 is 1. The summed E-state index contributed by atoms with van der Waals surface area (Å²) in [7, 11) is 1.79. The van der Waals surface area contributed by atoms with Crippen LogP contribution in [0, 0.1) is 0 Å². The minimum absolute atomic E-state index is 0.0829. The first-order valence-electron chi connectivity index (χ1n) is 18.1. The highest BCUT2D eigenvalue weighted by Crippen LogP contribution is 2.48. The van der Waals surface area contributed by atoms with Crippen LogP contribution < -0.4 is 15.4 Å². The zero-order valence-corrected chi connectivity index (χ0v) is 32.6. The summed E-state index contributed by atoms with van der Waals surface area (Å²) in [5.74, 6) is 0.519. The molecule has 3 aromatic rings. The zero-order valence-electron chi connectivity index (χ0n) is 30.9. The molecule has 274 valence electrons. The van der Waals surface area contributed by atoms with Crippen LogP contribution in [0.2, 0.25) is 23.2 Å². The molecule has 3 heterocycles. The van der Waals surface area contributed by atoms with Gasteiger partial charge < -0.3 is 24.0 Å². The number of aryl methyl sites for hydroxylation is 1. The Labute approximate surface area is 308 Å². The van der Waals surface area contributed by atoms with E-state index in [4.69, 9.17) is 30.2 Å². The van der Waals surface area contributed by atoms with Gasteiger partial charge in [-0.3, -0.25) is 15.0 Å². The van der Waals surface area contributed by atoms with E-state index in [9.17, 15) is 9.59 Å². The zero-order chi connectivity index (χ0) is 36.5. The van der Waals surface area contributed by atoms with Gasteiger partial charge in [-0.2, -0.15) is 0 Å². The molecule has 0 aromatic heterocycles. The van der Waals surface area contributed by atoms with E-state index in [2.05, 4.69) is 62.5 Å². The Bertz CT molecular complexity index is 1710. The van der Waals surface area contributed by atoms with E-state index in [1.54, 1.807) is 13.2 Å². The van der Waals surface area contributed by atoms with Gasteiger partial charge in [0.2, 0.25) is 5.91 Å². The number of unbranched alkanes of at least 4 members (excludes halogenated alkanes) is 1. The number of ether oxygens (including phenoxy) is 3. The number of nitrogens with one attached hydrogen (secondary N) is 2. The van der Waals surface area contributed by atoms with Crippen LogP contribution in [-0.2, 0) is 31.7 Å². The van der Waals surface area contributed by atoms with Crippen molar-refractivity contribution in [3.8, 4) is 16.9 Å². The van der Waals surface area contributed by atoms with E-state index < -0.39 is 14.4 Å². The van der Waals surface area contributed by atoms with E-state index in [-0.39, 0.29) is 29.3 Å². The Morgan fingerprint density at radius 3 is 2.33 bits per heavy atom. The first-order valence-corrected chi connectivity index (χ1v) is 21.4. The molecule has 11 heteroatoms. The van der Waals surface area contributed by atoms with Gasteiger partial charge in [-0.05, 0) is 67.7 Å². The monoisotopic (exact) mass is 733 g/mol. The quantitative estimate of drug-likeness (QED) is 0.103. The fraction of sp³-hybridized carbons (Fsp3) is 0.500. The lowest BCUT2D eigenvalue weighted by molar-refractivity contribution is -0.116. The third-order valence-corrected chi connectivity index (χ3v) is 16.0. The largest absolute Gasteiger partial charge is 0.496 e. The lowest BCUT2D eigenvalue weighted by atomic mass is 9.99. The molecule has 0 saturated carbocycles. The van der Waals surface area contributed by atoms with Crippen molar-refractivity contribution in [1.29, 1.82) is 0 Å². The summed E-state index contributed by atoms with van der Waals surface area (Å²) in [6.07, 6.45) is 4.18. The minimum atomic E-state index is -1.96. The smallest absolute Gasteiger partial charge is 0.411 e. The van der Waals surface area contributed by atoms with E-state index in [0.717, 1.165) is 47.9 Å². The van der Waals surface area contributed by atoms with Crippen molar-refractivity contribution in [2.45, 2.75) is 114 Å². The number of carbonyl (C=O) groups excluding carboxylic acids is 2. The topological polar surface area (TPSA) is 102 Å². The molecule has 4 atom stereocenters. The summed E-state index contributed by atoms with van der Waals surface area (Å²) in [4.78, 5) is 28.5. The van der Waals surface area contributed by atoms with Crippen LogP contribution in [0.1, 0.15) is 64.0 Å². The van der Waals surface area contributed by atoms with Gasteiger partial charge in [-0.1, -0.05) is 74.8 Å². The standard InChI is InChI=1S/C40H52ClN3O6Si/c1-40(2,3)51(6,7)48-24-27-20-30(41)32(23-35(27)47-5)42-36(45)16-12-11-13-25-17-18-29(26-14-9-8-10-15-26)31(19-25)43-39(46)49-28-21-33-37-38(50-37)34(22-28)44(33)4/h8-10,14-15,17-20,23,28,33-34,37-38H,11-13,16,21-22,24H2,1-7H3,(H,42,45)(H,43,46). The molecule has 0 spiro atoms. The molecule has 3 aliphatic heterocycles. The number of hydrogen-bond acceptors (Lipinski definition) is 7. The second-order valence-electron chi connectivity index (χ2n) is 15.7. The number of amides is 2. The molecule has 9 nitrogen and oxygen atoms in total. The van der Waals surface area contributed by atoms with Crippen molar-refractivity contribution in [3.05, 3.63) is 76.8 Å². The molecule has 3 fully saturated rings. The first kappa shape index (κ1) is 37.3. The van der Waals surface area contributed by atoms with Crippen LogP contribution in [0.15, 0.2) is 60.7 Å². The summed E-state index contributed by atoms with van der Waals surface area (Å²) < 4.78 is 23.8. The molecule has 2 amide bonds. The number of piperidine rings is 1. The summed E-state index contributed by atoms with van der Waals surface area (Å²) in [6, 6.07) is 20.4. The van der Waals surface area contributed by atoms with E-state index in [0.29, 0.717) is 53.7 Å². The molecule has 2 bridgehead atoms. The maximum atomic E-state index is 13.2. The lowest BCUT2D eigenvalue weighted by Crippen LogP contribution is -2.48. The van der Waals surface area contributed by atoms with Crippen molar-refractivity contribution in [2.75, 3.05) is 24.8 Å². The molecule has 0 radical (unpaired) electrons. The van der Waals surface area contributed by atoms with Gasteiger partial charge >= 0.3 is 6.09 Å². The second-order valence-corrected chi connectivity index (χ2v) is 20.9. The van der Waals surface area contributed by atoms with Crippen LogP contribution in [0.25, 0.3) is 11.1 Å². The van der Waals surface area contributed by atoms with Crippen molar-refractivity contribution < 1.29 is 28.2 Å². The van der Waals surface area contributed by atoms with Gasteiger partial charge in [0, 0.05) is 48.5 Å². The maximum Gasteiger partial charge on any atom is 0.411 e. The molecule has 3 aromatic carbocycles. The number of benzene rings is 3. The summed E-state index contributed by atoms with van der Waals surface area (Å²) >= 11 is 6.61. The molecular formula is C40H52ClN3O6Si. The number of epoxide rings is 1. The first-order chi connectivity index (χ1) is 24.2. The molecule has 2 N–H and O–H groups in total. The van der Waals surface area contributed by atoms with Crippen LogP contribution in [0.3, 0.4) is 0 Å². The van der Waals surface area contributed by atoms with Gasteiger partial charge in [0.1, 0.15) is 24.1 Å². The van der Waals surface area contributed by atoms with E-state index >= 15 is 0 Å². The van der Waals surface area contributed by atoms with Crippen LogP contribution >= 0.6 is 11.6 Å². The Hall–Kier alpha value is -3.41. The number of fused-ring (bicyclic) bond motifs is 5. The highest BCUT2D eigenvalue weighted by atomic mass is 35.5. The normalized spacial score (nSPS) is 22.6. The van der Waals surface area contributed by atoms with E-state index in [1.807, 2.05) is 48.5 Å². The highest BCUT2D eigenvalue weighted by molar-refractivity contribution is 6.74. The van der Waals surface area contributed by atoms with Gasteiger partial charge in [-0.25, -0.2) is 4.79 Å². The van der Waals surface area contributed by atoms with Crippen molar-refractivity contribution in [1.82, 2.24) is 4.90 Å². The van der Waals surface area contributed by atoms with Gasteiger partial charge in [0.15, 0.2) is 8.32 Å². The fourth-order valence-electron chi connectivity index (χ4n) is 7.10. The average Bonchev–Trinajstić information content (AvgIpc) is 3.85. The van der Waals surface area contributed by atoms with Crippen LogP contribution in [-0.4, -0.2) is 69.8 Å². The Morgan fingerprint density at radius 1 is 0.961 bits per heavy atom. The molecular weight excluding hydrogens is 682 g/mol. The second kappa shape index (κ2) is 15.3. The number of halogens is 1. The third-order valence-electron chi connectivity index (χ3n) is 11.2. The number of hydrogen-bond donors (Lipinski definition) is 2. The minimum Gasteiger partial charge on any atom is -0.496 e. The summed E-state index contributed by atoms with van der Waals surface area (Å²) in [5.41, 5.74) is 5.10. The molecule has 6 rings (SSSR count). The number of rotatable bonds is 13. The number of likely N-dealkylation sites (N-methyl/N-ethyl adjacent to an activating group) is 1. The molecule has 3 aliphatic rings. The Balaban J connectivity index is 1.02. The Morgan fingerprint density at radius 2 is 1.67 bits per heavy atom. The van der Waals surface area contributed by atoms with Crippen LogP contribution in [0.4, 0.5) is 16.2 Å². The van der Waals surface area contributed by atoms with E-state index in [1.165, 1.54) is 0 Å². The molecule has 0 aliphatic carbocycles. The number of carbonyl (C=O) groups is 2. The SMILES string of the molecule is COc1cc(NC(=O)CCCCc2ccc(-c3ccccc3)c(NC(=O)OC3CC4C5OC5C(C3)N4C)c2)c(Cl)cc1CO[Si](C)(C)C(C)(C)C. The number of nitrogens with zero attached hydrogens (tertiary/aromatic N) is 1. The number of anilines is 2. The van der Waals surface area contributed by atoms with Gasteiger partial charge in [0.05, 0.1) is 30.1 Å². The molecule has 3 saturated heterocycles. The van der Waals surface area contributed by atoms with Crippen LogP contribution in [0.5, 0.6) is 5.75 Å². The van der Waals surface area contributed by atoms with Crippen molar-refractivity contribution >= 4 is 43.3 Å². The van der Waals surface area contributed by atoms with Gasteiger partial charge in [-0.15, -0.1) is 0 Å². The summed E-state index contributed by atoms with van der Waals surface area (Å²) in [5, 5.41) is 6.55. The fourth-order valence-corrected chi connectivity index (χ4v) is 8.29. The van der Waals surface area contributed by atoms with Crippen molar-refractivity contribution in [2.24, 2.45) is 0 Å². The lowest BCUT2D eigenvalue weighted by Gasteiger charge is -2.37. The predicted molar refractivity (Wildman–Crippen MR) is 205 cm³/mol. The average molecular weight is 734 g/mol. The third kappa shape index (κ3) is 8.63. The Kier molecular flexibility index (Phi) is 11.2. The van der Waals surface area contributed by atoms with Gasteiger partial charge in [0.25, 0.3) is 0 Å². The predicted octanol–water partition coefficient (Wildman–Crippen LogP) is 9.05. The van der Waals surface area contributed by atoms with Crippen molar-refractivity contribution in [3.63, 3.8) is 0 Å². The summed E-state index contributed by atoms with van der Waals surface area (Å²) in [6.45, 7) is 11.4.